The second kappa shape index (κ2) is 12.3. The molecular weight excluding hydrogens is 232 g/mol. The van der Waals surface area contributed by atoms with Gasteiger partial charge in [-0.3, -0.25) is 0 Å². The Balaban J connectivity index is 3.38. The summed E-state index contributed by atoms with van der Waals surface area (Å²) in [4.78, 5) is 0. The Bertz CT molecular complexity index is 153. The molecule has 0 aliphatic heterocycles. The van der Waals surface area contributed by atoms with E-state index in [4.69, 9.17) is 0 Å². The Hall–Kier alpha value is 0.217. The molecule has 0 fully saturated rings. The molecule has 0 saturated carbocycles. The highest BCUT2D eigenvalue weighted by molar-refractivity contribution is 6.79. The molecule has 0 aliphatic rings. The molecule has 0 aliphatic carbocycles. The van der Waals surface area contributed by atoms with Crippen molar-refractivity contribution in [3.8, 4) is 0 Å². The van der Waals surface area contributed by atoms with Gasteiger partial charge in [-0.05, 0) is 0 Å². The fourth-order valence-corrected chi connectivity index (χ4v) is 6.65. The van der Waals surface area contributed by atoms with E-state index in [-0.39, 0.29) is 0 Å². The zero-order valence-electron chi connectivity index (χ0n) is 13.7. The first-order chi connectivity index (χ1) is 8.74. The minimum Gasteiger partial charge on any atom is -0.0678 e. The van der Waals surface area contributed by atoms with Crippen molar-refractivity contribution < 1.29 is 0 Å². The van der Waals surface area contributed by atoms with Crippen molar-refractivity contribution in [1.82, 2.24) is 0 Å². The summed E-state index contributed by atoms with van der Waals surface area (Å²) in [5.74, 6) is 0. The molecule has 0 saturated heterocycles. The predicted molar refractivity (Wildman–Crippen MR) is 89.2 cm³/mol. The molecule has 0 atom stereocenters. The van der Waals surface area contributed by atoms with E-state index < -0.39 is 8.07 Å². The molecule has 0 bridgehead atoms. The van der Waals surface area contributed by atoms with Gasteiger partial charge in [0.2, 0.25) is 0 Å². The Morgan fingerprint density at radius 1 is 0.500 bits per heavy atom. The summed E-state index contributed by atoms with van der Waals surface area (Å²) < 4.78 is 0. The molecule has 0 unspecified atom stereocenters. The van der Waals surface area contributed by atoms with Crippen molar-refractivity contribution in [2.24, 2.45) is 0 Å². The Kier molecular flexibility index (Phi) is 12.4. The quantitative estimate of drug-likeness (QED) is 0.249. The third kappa shape index (κ3) is 8.34. The van der Waals surface area contributed by atoms with Gasteiger partial charge < -0.3 is 0 Å². The molecular formula is C17H38Si. The lowest BCUT2D eigenvalue weighted by molar-refractivity contribution is 0.571. The molecule has 1 heteroatoms. The third-order valence-corrected chi connectivity index (χ3v) is 11.0. The van der Waals surface area contributed by atoms with Crippen LogP contribution in [-0.4, -0.2) is 8.07 Å². The van der Waals surface area contributed by atoms with E-state index in [1.165, 1.54) is 75.9 Å². The predicted octanol–water partition coefficient (Wildman–Crippen LogP) is 7.03. The van der Waals surface area contributed by atoms with Crippen LogP contribution in [0.1, 0.15) is 85.5 Å². The average molecular weight is 271 g/mol. The molecule has 110 valence electrons. The van der Waals surface area contributed by atoms with E-state index in [1.807, 2.05) is 0 Å². The maximum Gasteiger partial charge on any atom is 0.0527 e. The second-order valence-electron chi connectivity index (χ2n) is 6.14. The molecule has 0 heterocycles. The standard InChI is InChI=1S/C17H38Si/c1-5-9-10-11-12-13-14-15-16-17-18(6-2,7-3)8-4/h5-17H2,1-4H3. The molecule has 0 amide bonds. The minimum atomic E-state index is -0.803. The number of rotatable bonds is 13. The lowest BCUT2D eigenvalue weighted by Crippen LogP contribution is -2.30. The van der Waals surface area contributed by atoms with Gasteiger partial charge in [-0.2, -0.15) is 0 Å². The monoisotopic (exact) mass is 270 g/mol. The van der Waals surface area contributed by atoms with Crippen LogP contribution < -0.4 is 0 Å². The zero-order valence-corrected chi connectivity index (χ0v) is 14.7. The van der Waals surface area contributed by atoms with E-state index in [1.54, 1.807) is 6.04 Å². The van der Waals surface area contributed by atoms with Crippen molar-refractivity contribution >= 4 is 8.07 Å². The Morgan fingerprint density at radius 3 is 1.28 bits per heavy atom. The van der Waals surface area contributed by atoms with Gasteiger partial charge in [0.25, 0.3) is 0 Å². The van der Waals surface area contributed by atoms with Crippen LogP contribution in [0.4, 0.5) is 0 Å². The molecule has 0 rings (SSSR count). The lowest BCUT2D eigenvalue weighted by atomic mass is 10.1. The molecule has 0 nitrogen and oxygen atoms in total. The van der Waals surface area contributed by atoms with Gasteiger partial charge in [0.05, 0.1) is 8.07 Å². The fraction of sp³-hybridized carbons (Fsp3) is 1.00. The molecule has 0 aromatic rings. The number of hydrogen-bond donors (Lipinski definition) is 0. The highest BCUT2D eigenvalue weighted by Crippen LogP contribution is 2.27. The van der Waals surface area contributed by atoms with Gasteiger partial charge in [0.1, 0.15) is 0 Å². The van der Waals surface area contributed by atoms with Crippen LogP contribution in [0.15, 0.2) is 0 Å². The first-order valence-electron chi connectivity index (χ1n) is 8.74. The van der Waals surface area contributed by atoms with Gasteiger partial charge in [-0.15, -0.1) is 0 Å². The Morgan fingerprint density at radius 2 is 0.889 bits per heavy atom. The van der Waals surface area contributed by atoms with Gasteiger partial charge in [-0.1, -0.05) is 110 Å². The van der Waals surface area contributed by atoms with Crippen LogP contribution in [0.3, 0.4) is 0 Å². The van der Waals surface area contributed by atoms with Crippen LogP contribution in [0, 0.1) is 0 Å². The summed E-state index contributed by atoms with van der Waals surface area (Å²) in [5.41, 5.74) is 0. The van der Waals surface area contributed by atoms with Crippen molar-refractivity contribution in [2.45, 2.75) is 110 Å². The van der Waals surface area contributed by atoms with E-state index in [9.17, 15) is 0 Å². The number of hydrogen-bond acceptors (Lipinski definition) is 0. The van der Waals surface area contributed by atoms with Crippen LogP contribution in [0.2, 0.25) is 24.2 Å². The van der Waals surface area contributed by atoms with E-state index in [0.717, 1.165) is 0 Å². The summed E-state index contributed by atoms with van der Waals surface area (Å²) >= 11 is 0. The van der Waals surface area contributed by atoms with Gasteiger partial charge >= 0.3 is 0 Å². The lowest BCUT2D eigenvalue weighted by Gasteiger charge is -2.28. The maximum atomic E-state index is 2.44. The zero-order chi connectivity index (χ0) is 13.7. The van der Waals surface area contributed by atoms with Crippen molar-refractivity contribution in [1.29, 1.82) is 0 Å². The normalized spacial score (nSPS) is 12.0. The van der Waals surface area contributed by atoms with Crippen LogP contribution >= 0.6 is 0 Å². The van der Waals surface area contributed by atoms with Crippen LogP contribution in [0.25, 0.3) is 0 Å². The van der Waals surface area contributed by atoms with E-state index >= 15 is 0 Å². The summed E-state index contributed by atoms with van der Waals surface area (Å²) in [6.07, 6.45) is 13.3. The third-order valence-electron chi connectivity index (χ3n) is 5.06. The largest absolute Gasteiger partial charge is 0.0678 e. The molecule has 0 spiro atoms. The topological polar surface area (TPSA) is 0 Å². The van der Waals surface area contributed by atoms with Crippen LogP contribution in [-0.2, 0) is 0 Å². The fourth-order valence-electron chi connectivity index (χ4n) is 3.09. The van der Waals surface area contributed by atoms with Crippen molar-refractivity contribution in [3.05, 3.63) is 0 Å². The summed E-state index contributed by atoms with van der Waals surface area (Å²) in [6, 6.07) is 6.14. The Labute approximate surface area is 118 Å². The highest BCUT2D eigenvalue weighted by Gasteiger charge is 2.25. The maximum absolute atomic E-state index is 2.44. The first kappa shape index (κ1) is 18.2. The summed E-state index contributed by atoms with van der Waals surface area (Å²) in [6.45, 7) is 9.61. The average Bonchev–Trinajstić information content (AvgIpc) is 2.42. The second-order valence-corrected chi connectivity index (χ2v) is 11.8. The number of unbranched alkanes of at least 4 members (excludes halogenated alkanes) is 8. The van der Waals surface area contributed by atoms with E-state index in [2.05, 4.69) is 27.7 Å². The van der Waals surface area contributed by atoms with Crippen molar-refractivity contribution in [3.63, 3.8) is 0 Å². The van der Waals surface area contributed by atoms with E-state index in [0.29, 0.717) is 0 Å². The van der Waals surface area contributed by atoms with Gasteiger partial charge in [-0.25, -0.2) is 0 Å². The molecule has 0 radical (unpaired) electrons. The summed E-state index contributed by atoms with van der Waals surface area (Å²) in [5, 5.41) is 0. The first-order valence-corrected chi connectivity index (χ1v) is 11.6. The van der Waals surface area contributed by atoms with Crippen LogP contribution in [0.5, 0.6) is 0 Å². The summed E-state index contributed by atoms with van der Waals surface area (Å²) in [7, 11) is -0.803. The molecule has 0 aromatic carbocycles. The SMILES string of the molecule is CCCCCCCCCCC[Si](CC)(CC)CC. The molecule has 0 aromatic heterocycles. The smallest absolute Gasteiger partial charge is 0.0527 e. The molecule has 0 N–H and O–H groups in total. The minimum absolute atomic E-state index is 0.803. The highest BCUT2D eigenvalue weighted by atomic mass is 28.3. The van der Waals surface area contributed by atoms with Gasteiger partial charge in [0.15, 0.2) is 0 Å². The van der Waals surface area contributed by atoms with Crippen molar-refractivity contribution in [2.75, 3.05) is 0 Å². The van der Waals surface area contributed by atoms with Gasteiger partial charge in [0, 0.05) is 0 Å². The molecule has 18 heavy (non-hydrogen) atoms.